The molecule has 0 bridgehead atoms. The number of nitrogens with two attached hydrogens (primary N) is 1. The van der Waals surface area contributed by atoms with Crippen LogP contribution in [-0.4, -0.2) is 49.8 Å². The summed E-state index contributed by atoms with van der Waals surface area (Å²) in [7, 11) is 0. The summed E-state index contributed by atoms with van der Waals surface area (Å²) in [6, 6.07) is 0.174. The predicted octanol–water partition coefficient (Wildman–Crippen LogP) is 0.402. The van der Waals surface area contributed by atoms with Gasteiger partial charge in [-0.25, -0.2) is 4.79 Å². The maximum absolute atomic E-state index is 11.9. The van der Waals surface area contributed by atoms with E-state index in [1.807, 2.05) is 6.92 Å². The molecule has 5 heteroatoms. The second kappa shape index (κ2) is 6.70. The number of ether oxygens (including phenoxy) is 1. The average molecular weight is 229 g/mol. The Morgan fingerprint density at radius 1 is 1.69 bits per heavy atom. The molecule has 0 aliphatic carbocycles. The maximum Gasteiger partial charge on any atom is 0.317 e. The minimum absolute atomic E-state index is 0.00157. The summed E-state index contributed by atoms with van der Waals surface area (Å²) < 4.78 is 5.22. The Labute approximate surface area is 97.3 Å². The van der Waals surface area contributed by atoms with Crippen LogP contribution in [-0.2, 0) is 4.74 Å². The molecule has 0 aromatic carbocycles. The molecular formula is C11H23N3O2. The highest BCUT2D eigenvalue weighted by molar-refractivity contribution is 5.74. The highest BCUT2D eigenvalue weighted by Gasteiger charge is 2.21. The largest absolute Gasteiger partial charge is 0.379 e. The molecule has 2 amide bonds. The van der Waals surface area contributed by atoms with Gasteiger partial charge in [-0.15, -0.1) is 0 Å². The second-order valence-electron chi connectivity index (χ2n) is 4.39. The first kappa shape index (κ1) is 13.3. The van der Waals surface area contributed by atoms with Crippen LogP contribution in [0.3, 0.4) is 0 Å². The quantitative estimate of drug-likeness (QED) is 0.717. The van der Waals surface area contributed by atoms with E-state index >= 15 is 0 Å². The monoisotopic (exact) mass is 229 g/mol. The lowest BCUT2D eigenvalue weighted by atomic mass is 10.2. The molecule has 1 aliphatic rings. The number of carbonyl (C=O) groups excluding carboxylic acids is 1. The fourth-order valence-electron chi connectivity index (χ4n) is 1.72. The molecule has 1 rings (SSSR count). The lowest BCUT2D eigenvalue weighted by Crippen LogP contribution is -2.47. The fraction of sp³-hybridized carbons (Fsp3) is 0.909. The number of nitrogens with zero attached hydrogens (tertiary/aromatic N) is 1. The number of hydrogen-bond acceptors (Lipinski definition) is 3. The van der Waals surface area contributed by atoms with Crippen molar-refractivity contribution in [1.29, 1.82) is 0 Å². The van der Waals surface area contributed by atoms with Gasteiger partial charge in [0.15, 0.2) is 0 Å². The van der Waals surface area contributed by atoms with Crippen LogP contribution < -0.4 is 11.1 Å². The van der Waals surface area contributed by atoms with Gasteiger partial charge in [0.2, 0.25) is 0 Å². The van der Waals surface area contributed by atoms with E-state index in [0.717, 1.165) is 13.0 Å². The molecule has 2 unspecified atom stereocenters. The summed E-state index contributed by atoms with van der Waals surface area (Å²) in [5.41, 5.74) is 5.56. The van der Waals surface area contributed by atoms with E-state index in [4.69, 9.17) is 10.5 Å². The van der Waals surface area contributed by atoms with Crippen molar-refractivity contribution in [3.8, 4) is 0 Å². The van der Waals surface area contributed by atoms with E-state index in [0.29, 0.717) is 32.2 Å². The Hall–Kier alpha value is -0.810. The Morgan fingerprint density at radius 2 is 2.44 bits per heavy atom. The first-order chi connectivity index (χ1) is 7.67. The van der Waals surface area contributed by atoms with Crippen molar-refractivity contribution < 1.29 is 9.53 Å². The van der Waals surface area contributed by atoms with E-state index in [-0.39, 0.29) is 12.1 Å². The maximum atomic E-state index is 11.9. The van der Waals surface area contributed by atoms with Gasteiger partial charge < -0.3 is 20.7 Å². The average Bonchev–Trinajstić information content (AvgIpc) is 2.77. The van der Waals surface area contributed by atoms with E-state index < -0.39 is 0 Å². The van der Waals surface area contributed by atoms with E-state index in [9.17, 15) is 4.79 Å². The third-order valence-electron chi connectivity index (χ3n) is 2.86. The second-order valence-corrected chi connectivity index (χ2v) is 4.39. The van der Waals surface area contributed by atoms with Crippen LogP contribution in [0.5, 0.6) is 0 Å². The number of urea groups is 1. The number of amides is 2. The highest BCUT2D eigenvalue weighted by Crippen LogP contribution is 2.05. The number of nitrogens with one attached hydrogen (secondary N) is 1. The van der Waals surface area contributed by atoms with Crippen molar-refractivity contribution in [2.75, 3.05) is 32.8 Å². The van der Waals surface area contributed by atoms with Gasteiger partial charge in [-0.05, 0) is 25.8 Å². The molecule has 0 saturated carbocycles. The Kier molecular flexibility index (Phi) is 5.55. The van der Waals surface area contributed by atoms with E-state index in [1.54, 1.807) is 4.90 Å². The Bertz CT molecular complexity index is 217. The predicted molar refractivity (Wildman–Crippen MR) is 63.2 cm³/mol. The lowest BCUT2D eigenvalue weighted by Gasteiger charge is -2.25. The molecule has 94 valence electrons. The third kappa shape index (κ3) is 3.98. The molecule has 1 saturated heterocycles. The van der Waals surface area contributed by atoms with Crippen LogP contribution in [0.2, 0.25) is 0 Å². The van der Waals surface area contributed by atoms with Crippen LogP contribution in [0, 0.1) is 5.92 Å². The van der Waals surface area contributed by atoms with E-state index in [2.05, 4.69) is 12.2 Å². The molecular weight excluding hydrogens is 206 g/mol. The molecule has 0 aromatic heterocycles. The number of rotatable bonds is 5. The minimum Gasteiger partial charge on any atom is -0.379 e. The Balaban J connectivity index is 2.35. The molecule has 16 heavy (non-hydrogen) atoms. The minimum atomic E-state index is -0.00157. The number of hydrogen-bond donors (Lipinski definition) is 2. The smallest absolute Gasteiger partial charge is 0.317 e. The van der Waals surface area contributed by atoms with Crippen molar-refractivity contribution in [3.05, 3.63) is 0 Å². The number of carbonyl (C=O) groups is 1. The zero-order valence-electron chi connectivity index (χ0n) is 10.2. The zero-order chi connectivity index (χ0) is 12.0. The molecule has 1 fully saturated rings. The molecule has 5 nitrogen and oxygen atoms in total. The summed E-state index contributed by atoms with van der Waals surface area (Å²) >= 11 is 0. The van der Waals surface area contributed by atoms with E-state index in [1.165, 1.54) is 0 Å². The summed E-state index contributed by atoms with van der Waals surface area (Å²) in [5.74, 6) is 0.338. The van der Waals surface area contributed by atoms with Crippen molar-refractivity contribution >= 4 is 6.03 Å². The van der Waals surface area contributed by atoms with Gasteiger partial charge >= 0.3 is 6.03 Å². The fourth-order valence-corrected chi connectivity index (χ4v) is 1.72. The summed E-state index contributed by atoms with van der Waals surface area (Å²) in [4.78, 5) is 13.7. The van der Waals surface area contributed by atoms with Gasteiger partial charge in [0.1, 0.15) is 0 Å². The normalized spacial score (nSPS) is 21.8. The SMILES string of the molecule is CCN(CC(C)CN)C(=O)NC1CCOC1. The standard InChI is InChI=1S/C11H23N3O2/c1-3-14(7-9(2)6-12)11(15)13-10-4-5-16-8-10/h9-10H,3-8,12H2,1-2H3,(H,13,15). The molecule has 1 aliphatic heterocycles. The summed E-state index contributed by atoms with van der Waals surface area (Å²) in [6.45, 7) is 7.45. The molecule has 2 atom stereocenters. The van der Waals surface area contributed by atoms with Gasteiger partial charge in [0, 0.05) is 19.7 Å². The zero-order valence-corrected chi connectivity index (χ0v) is 10.2. The van der Waals surface area contributed by atoms with Crippen molar-refractivity contribution in [2.45, 2.75) is 26.3 Å². The third-order valence-corrected chi connectivity index (χ3v) is 2.86. The molecule has 3 N–H and O–H groups in total. The first-order valence-corrected chi connectivity index (χ1v) is 6.00. The van der Waals surface area contributed by atoms with Gasteiger partial charge in [0.25, 0.3) is 0 Å². The van der Waals surface area contributed by atoms with Crippen LogP contribution in [0.25, 0.3) is 0 Å². The highest BCUT2D eigenvalue weighted by atomic mass is 16.5. The van der Waals surface area contributed by atoms with Gasteiger partial charge in [0.05, 0.1) is 12.6 Å². The van der Waals surface area contributed by atoms with Crippen LogP contribution >= 0.6 is 0 Å². The molecule has 1 heterocycles. The summed E-state index contributed by atoms with van der Waals surface area (Å²) in [5, 5.41) is 2.98. The van der Waals surface area contributed by atoms with Gasteiger partial charge in [-0.3, -0.25) is 0 Å². The van der Waals surface area contributed by atoms with Crippen molar-refractivity contribution in [3.63, 3.8) is 0 Å². The van der Waals surface area contributed by atoms with Gasteiger partial charge in [-0.2, -0.15) is 0 Å². The van der Waals surface area contributed by atoms with Gasteiger partial charge in [-0.1, -0.05) is 6.92 Å². The van der Waals surface area contributed by atoms with Crippen LogP contribution in [0.4, 0.5) is 4.79 Å². The van der Waals surface area contributed by atoms with Crippen molar-refractivity contribution in [1.82, 2.24) is 10.2 Å². The van der Waals surface area contributed by atoms with Crippen molar-refractivity contribution in [2.24, 2.45) is 11.7 Å². The topological polar surface area (TPSA) is 67.6 Å². The first-order valence-electron chi connectivity index (χ1n) is 6.00. The lowest BCUT2D eigenvalue weighted by molar-refractivity contribution is 0.175. The van der Waals surface area contributed by atoms with Crippen LogP contribution in [0.15, 0.2) is 0 Å². The Morgan fingerprint density at radius 3 is 2.94 bits per heavy atom. The molecule has 0 aromatic rings. The van der Waals surface area contributed by atoms with Crippen LogP contribution in [0.1, 0.15) is 20.3 Å². The summed E-state index contributed by atoms with van der Waals surface area (Å²) in [6.07, 6.45) is 0.912. The molecule has 0 spiro atoms. The molecule has 0 radical (unpaired) electrons.